The number of carboxylic acid groups (broad SMARTS) is 3. The van der Waals surface area contributed by atoms with Crippen molar-refractivity contribution in [3.63, 3.8) is 0 Å². The van der Waals surface area contributed by atoms with E-state index in [-0.39, 0.29) is 77.0 Å². The molecule has 0 aliphatic carbocycles. The first-order chi connectivity index (χ1) is 34.6. The van der Waals surface area contributed by atoms with Crippen LogP contribution in [-0.4, -0.2) is 184 Å². The van der Waals surface area contributed by atoms with Crippen LogP contribution in [0.2, 0.25) is 0 Å². The molecule has 1 aromatic carbocycles. The second-order valence-corrected chi connectivity index (χ2v) is 18.2. The van der Waals surface area contributed by atoms with E-state index in [1.807, 2.05) is 35.2 Å². The van der Waals surface area contributed by atoms with E-state index in [2.05, 4.69) is 52.8 Å². The predicted octanol–water partition coefficient (Wildman–Crippen LogP) is -1.79. The molecule has 0 aliphatic heterocycles. The molecule has 404 valence electrons. The number of carbonyl (C=O) groups excluding carboxylic acids is 6. The number of hydrogen-bond acceptors (Lipinski definition) is 15. The van der Waals surface area contributed by atoms with E-state index in [9.17, 15) is 53.4 Å². The fourth-order valence-corrected chi connectivity index (χ4v) is 7.68. The number of urea groups is 1. The van der Waals surface area contributed by atoms with E-state index in [1.165, 1.54) is 0 Å². The normalized spacial score (nSPS) is 12.3. The quantitative estimate of drug-likeness (QED) is 0.0200. The summed E-state index contributed by atoms with van der Waals surface area (Å²) in [6.45, 7) is 2.24. The van der Waals surface area contributed by atoms with Crippen LogP contribution in [0, 0.1) is 0 Å². The Morgan fingerprint density at radius 2 is 1.30 bits per heavy atom. The molecule has 2 aromatic rings. The second kappa shape index (κ2) is 34.7. The molecule has 26 nitrogen and oxygen atoms in total. The molecule has 1 unspecified atom stereocenters. The van der Waals surface area contributed by atoms with Crippen LogP contribution in [-0.2, 0) is 51.3 Å². The van der Waals surface area contributed by atoms with Gasteiger partial charge in [0.1, 0.15) is 16.7 Å². The molecule has 0 radical (unpaired) electrons. The van der Waals surface area contributed by atoms with Crippen molar-refractivity contribution in [2.75, 3.05) is 77.3 Å². The first kappa shape index (κ1) is 62.5. The van der Waals surface area contributed by atoms with E-state index >= 15 is 0 Å². The highest BCUT2D eigenvalue weighted by Crippen LogP contribution is 2.16. The fraction of sp³-hybridized carbons (Fsp3) is 0.533. The van der Waals surface area contributed by atoms with Gasteiger partial charge in [-0.05, 0) is 102 Å². The molecule has 0 aliphatic rings. The van der Waals surface area contributed by atoms with Crippen molar-refractivity contribution in [3.8, 4) is 0 Å². The van der Waals surface area contributed by atoms with Crippen molar-refractivity contribution < 1.29 is 58.5 Å². The first-order valence-corrected chi connectivity index (χ1v) is 24.6. The number of thiocarbonyl (C=S) groups is 1. The Kier molecular flexibility index (Phi) is 29.7. The lowest BCUT2D eigenvalue weighted by Gasteiger charge is -2.33. The van der Waals surface area contributed by atoms with Crippen LogP contribution in [0.5, 0.6) is 0 Å². The molecule has 0 saturated heterocycles. The van der Waals surface area contributed by atoms with Gasteiger partial charge in [0.2, 0.25) is 29.5 Å². The Morgan fingerprint density at radius 3 is 1.89 bits per heavy atom. The van der Waals surface area contributed by atoms with Gasteiger partial charge in [-0.3, -0.25) is 38.6 Å². The Balaban J connectivity index is 1.97. The minimum Gasteiger partial charge on any atom is -0.481 e. The Hall–Kier alpha value is -6.59. The van der Waals surface area contributed by atoms with Crippen LogP contribution in [0.1, 0.15) is 62.5 Å². The van der Waals surface area contributed by atoms with E-state index in [4.69, 9.17) is 40.3 Å². The lowest BCUT2D eigenvalue weighted by atomic mass is 10.0. The van der Waals surface area contributed by atoms with Crippen molar-refractivity contribution in [1.82, 2.24) is 46.3 Å². The Bertz CT molecular complexity index is 2140. The summed E-state index contributed by atoms with van der Waals surface area (Å²) >= 11 is 8.83. The molecule has 0 fully saturated rings. The number of halogens is 1. The number of nitrogens with two attached hydrogens (primary N) is 4. The standard InChI is InChI=1S/C45H69BrN14O12S/c46-35-13-9-30(22-54-35)26-60(17-4-2-5-33(42(68)69)56-44(72)57-34(43(70)71)12-14-41(66)67)40(65)6-1-3-15-53-45(73)55-31-10-7-29(8-11-31)21-32(23-52-25-37(48)62)59(28-39(50)64)20-19-58(27-38(49)63)18-16-51-24-36(47)61/h7-11,13,22,32-34,51-52H,1-6,12,14-21,23-28H2,(H2,47,61)(H2,48,62)(H2,49,63)(H2,50,64)(H,66,67)(H,68,69)(H,70,71)(H2,53,55,73)(H2,56,57,72)/t32?,33-,34-/m1/s1. The molecule has 3 atom stereocenters. The maximum Gasteiger partial charge on any atom is 0.326 e. The smallest absolute Gasteiger partial charge is 0.326 e. The highest BCUT2D eigenvalue weighted by molar-refractivity contribution is 9.10. The topological polar surface area (TPSA) is 413 Å². The number of amides is 7. The van der Waals surface area contributed by atoms with E-state index < -0.39 is 72.5 Å². The SMILES string of the molecule is NC(=O)CNCCN(CCN(CC(N)=O)C(CNCC(N)=O)Cc1ccc(NC(=S)NCCCCC(=O)N(CCCC[C@@H](NC(=O)N[C@H](CCC(=O)O)C(=O)O)C(=O)O)Cc2ccc(Br)nc2)cc1)CC(N)=O. The maximum absolute atomic E-state index is 13.5. The number of carboxylic acids is 3. The van der Waals surface area contributed by atoms with Crippen LogP contribution in [0.4, 0.5) is 10.5 Å². The number of aromatic nitrogens is 1. The zero-order valence-electron chi connectivity index (χ0n) is 40.5. The Labute approximate surface area is 436 Å². The molecule has 1 heterocycles. The first-order valence-electron chi connectivity index (χ1n) is 23.4. The van der Waals surface area contributed by atoms with Crippen molar-refractivity contribution >= 4 is 92.4 Å². The van der Waals surface area contributed by atoms with Gasteiger partial charge in [-0.15, -0.1) is 0 Å². The lowest BCUT2D eigenvalue weighted by Crippen LogP contribution is -2.51. The van der Waals surface area contributed by atoms with Crippen molar-refractivity contribution in [2.45, 2.75) is 82.5 Å². The average molecular weight is 1110 g/mol. The molecule has 7 amide bonds. The monoisotopic (exact) mass is 1110 g/mol. The molecule has 0 spiro atoms. The van der Waals surface area contributed by atoms with Crippen LogP contribution in [0.15, 0.2) is 47.2 Å². The molecule has 0 saturated carbocycles. The van der Waals surface area contributed by atoms with Crippen LogP contribution in [0.25, 0.3) is 0 Å². The molecule has 28 heteroatoms. The minimum atomic E-state index is -1.53. The Morgan fingerprint density at radius 1 is 0.671 bits per heavy atom. The summed E-state index contributed by atoms with van der Waals surface area (Å²) < 4.78 is 0.617. The van der Waals surface area contributed by atoms with Gasteiger partial charge < -0.3 is 75.1 Å². The fourth-order valence-electron chi connectivity index (χ4n) is 7.23. The van der Waals surface area contributed by atoms with Crippen LogP contribution in [0.3, 0.4) is 0 Å². The van der Waals surface area contributed by atoms with Crippen LogP contribution < -0.4 is 54.8 Å². The largest absolute Gasteiger partial charge is 0.481 e. The van der Waals surface area contributed by atoms with E-state index in [1.54, 1.807) is 22.1 Å². The molecule has 1 aromatic heterocycles. The summed E-state index contributed by atoms with van der Waals surface area (Å²) in [5.41, 5.74) is 24.0. The molecular formula is C45H69BrN14O12S. The molecular weight excluding hydrogens is 1040 g/mol. The highest BCUT2D eigenvalue weighted by Gasteiger charge is 2.26. The van der Waals surface area contributed by atoms with Gasteiger partial charge in [0, 0.05) is 83.1 Å². The summed E-state index contributed by atoms with van der Waals surface area (Å²) in [5.74, 6) is -6.44. The van der Waals surface area contributed by atoms with Gasteiger partial charge in [0.05, 0.1) is 26.2 Å². The third kappa shape index (κ3) is 28.9. The number of benzene rings is 1. The van der Waals surface area contributed by atoms with Gasteiger partial charge in [-0.25, -0.2) is 19.4 Å². The second-order valence-electron chi connectivity index (χ2n) is 16.9. The highest BCUT2D eigenvalue weighted by atomic mass is 79.9. The van der Waals surface area contributed by atoms with Crippen molar-refractivity contribution in [1.29, 1.82) is 0 Å². The number of aliphatic carboxylic acids is 3. The maximum atomic E-state index is 13.5. The van der Waals surface area contributed by atoms with E-state index in [0.29, 0.717) is 73.8 Å². The van der Waals surface area contributed by atoms with Gasteiger partial charge in [0.25, 0.3) is 0 Å². The summed E-state index contributed by atoms with van der Waals surface area (Å²) in [6.07, 6.45) is 3.09. The number of hydrogen-bond donors (Lipinski definition) is 13. The average Bonchev–Trinajstić information content (AvgIpc) is 3.30. The summed E-state index contributed by atoms with van der Waals surface area (Å²) in [6, 6.07) is 6.67. The van der Waals surface area contributed by atoms with Gasteiger partial charge in [0.15, 0.2) is 5.11 Å². The zero-order chi connectivity index (χ0) is 54.3. The predicted molar refractivity (Wildman–Crippen MR) is 275 cm³/mol. The third-order valence-corrected chi connectivity index (χ3v) is 11.6. The number of rotatable bonds is 39. The zero-order valence-corrected chi connectivity index (χ0v) is 42.9. The van der Waals surface area contributed by atoms with E-state index in [0.717, 1.165) is 11.1 Å². The third-order valence-electron chi connectivity index (χ3n) is 10.9. The number of pyridine rings is 1. The lowest BCUT2D eigenvalue weighted by molar-refractivity contribution is -0.141. The number of carbonyl (C=O) groups is 9. The van der Waals surface area contributed by atoms with Gasteiger partial charge >= 0.3 is 23.9 Å². The van der Waals surface area contributed by atoms with Crippen molar-refractivity contribution in [2.24, 2.45) is 22.9 Å². The van der Waals surface area contributed by atoms with Gasteiger partial charge in [-0.1, -0.05) is 18.2 Å². The number of unbranched alkanes of at least 4 members (excludes halogenated alkanes) is 2. The summed E-state index contributed by atoms with van der Waals surface area (Å²) in [4.78, 5) is 116. The van der Waals surface area contributed by atoms with Crippen molar-refractivity contribution in [3.05, 3.63) is 58.3 Å². The summed E-state index contributed by atoms with van der Waals surface area (Å²) in [7, 11) is 0. The number of primary amides is 4. The number of nitrogens with zero attached hydrogens (tertiary/aromatic N) is 4. The van der Waals surface area contributed by atoms with Gasteiger partial charge in [-0.2, -0.15) is 0 Å². The molecule has 17 N–H and O–H groups in total. The number of anilines is 1. The summed E-state index contributed by atoms with van der Waals surface area (Å²) in [5, 5.41) is 44.8. The molecule has 73 heavy (non-hydrogen) atoms. The minimum absolute atomic E-state index is 0.0280. The molecule has 2 rings (SSSR count). The number of nitrogens with one attached hydrogen (secondary N) is 6. The molecule has 0 bridgehead atoms. The van der Waals surface area contributed by atoms with Crippen LogP contribution >= 0.6 is 28.1 Å².